The third kappa shape index (κ3) is 3.77. The Hall–Kier alpha value is -1.42. The molecule has 0 bridgehead atoms. The maximum Gasteiger partial charge on any atom is 0.241 e. The predicted molar refractivity (Wildman–Crippen MR) is 74.5 cm³/mol. The number of hydrogen-bond donors (Lipinski definition) is 1. The molecule has 0 radical (unpaired) electrons. The van der Waals surface area contributed by atoms with Crippen molar-refractivity contribution >= 4 is 11.6 Å². The lowest BCUT2D eigenvalue weighted by molar-refractivity contribution is -0.121. The molecule has 1 amide bonds. The van der Waals surface area contributed by atoms with E-state index in [0.29, 0.717) is 11.6 Å². The van der Waals surface area contributed by atoms with E-state index in [1.807, 2.05) is 6.92 Å². The molecule has 1 fully saturated rings. The van der Waals surface area contributed by atoms with Gasteiger partial charge in [-0.25, -0.2) is 4.39 Å². The first-order valence-electron chi connectivity index (χ1n) is 6.87. The van der Waals surface area contributed by atoms with Crippen molar-refractivity contribution in [3.05, 3.63) is 30.1 Å². The summed E-state index contributed by atoms with van der Waals surface area (Å²) in [6, 6.07) is 5.82. The summed E-state index contributed by atoms with van der Waals surface area (Å²) in [4.78, 5) is 14.4. The first-order valence-corrected chi connectivity index (χ1v) is 6.87. The lowest BCUT2D eigenvalue weighted by Crippen LogP contribution is -2.46. The molecule has 1 aromatic carbocycles. The van der Waals surface area contributed by atoms with Crippen LogP contribution in [0.3, 0.4) is 0 Å². The van der Waals surface area contributed by atoms with Gasteiger partial charge in [-0.05, 0) is 50.4 Å². The molecule has 0 saturated carbocycles. The second-order valence-corrected chi connectivity index (χ2v) is 5.42. The molecule has 2 rings (SSSR count). The number of carbonyl (C=O) groups excluding carboxylic acids is 1. The highest BCUT2D eigenvalue weighted by molar-refractivity contribution is 5.94. The van der Waals surface area contributed by atoms with Gasteiger partial charge < -0.3 is 5.32 Å². The van der Waals surface area contributed by atoms with Gasteiger partial charge in [-0.1, -0.05) is 13.0 Å². The molecule has 0 spiro atoms. The van der Waals surface area contributed by atoms with Gasteiger partial charge in [-0.3, -0.25) is 9.69 Å². The van der Waals surface area contributed by atoms with Crippen molar-refractivity contribution in [3.8, 4) is 0 Å². The SMILES string of the molecule is C[C@H]1CCCN([C@@H](C)C(=O)Nc2cccc(F)c2)C1. The van der Waals surface area contributed by atoms with Crippen LogP contribution in [0.15, 0.2) is 24.3 Å². The summed E-state index contributed by atoms with van der Waals surface area (Å²) in [6.45, 7) is 6.04. The fourth-order valence-electron chi connectivity index (χ4n) is 2.56. The number of carbonyl (C=O) groups is 1. The molecule has 1 heterocycles. The monoisotopic (exact) mass is 264 g/mol. The Kier molecular flexibility index (Phi) is 4.53. The molecule has 19 heavy (non-hydrogen) atoms. The zero-order valence-corrected chi connectivity index (χ0v) is 11.5. The molecular weight excluding hydrogens is 243 g/mol. The number of rotatable bonds is 3. The minimum Gasteiger partial charge on any atom is -0.325 e. The Labute approximate surface area is 113 Å². The van der Waals surface area contributed by atoms with Gasteiger partial charge in [0.1, 0.15) is 5.82 Å². The van der Waals surface area contributed by atoms with Crippen molar-refractivity contribution in [2.45, 2.75) is 32.7 Å². The van der Waals surface area contributed by atoms with E-state index in [2.05, 4.69) is 17.1 Å². The molecule has 2 atom stereocenters. The summed E-state index contributed by atoms with van der Waals surface area (Å²) >= 11 is 0. The first kappa shape index (κ1) is 14.0. The highest BCUT2D eigenvalue weighted by Gasteiger charge is 2.25. The summed E-state index contributed by atoms with van der Waals surface area (Å²) in [5, 5.41) is 2.77. The van der Waals surface area contributed by atoms with Crippen LogP contribution in [0.4, 0.5) is 10.1 Å². The predicted octanol–water partition coefficient (Wildman–Crippen LogP) is 2.88. The Bertz CT molecular complexity index is 450. The smallest absolute Gasteiger partial charge is 0.241 e. The minimum absolute atomic E-state index is 0.0697. The summed E-state index contributed by atoms with van der Waals surface area (Å²) < 4.78 is 13.1. The van der Waals surface area contributed by atoms with E-state index in [9.17, 15) is 9.18 Å². The number of anilines is 1. The summed E-state index contributed by atoms with van der Waals surface area (Å²) in [7, 11) is 0. The van der Waals surface area contributed by atoms with E-state index in [1.54, 1.807) is 12.1 Å². The number of likely N-dealkylation sites (tertiary alicyclic amines) is 1. The van der Waals surface area contributed by atoms with E-state index in [1.165, 1.54) is 18.6 Å². The van der Waals surface area contributed by atoms with Crippen molar-refractivity contribution in [2.24, 2.45) is 5.92 Å². The van der Waals surface area contributed by atoms with E-state index in [4.69, 9.17) is 0 Å². The largest absolute Gasteiger partial charge is 0.325 e. The third-order valence-electron chi connectivity index (χ3n) is 3.71. The third-order valence-corrected chi connectivity index (χ3v) is 3.71. The number of amides is 1. The van der Waals surface area contributed by atoms with E-state index in [0.717, 1.165) is 19.5 Å². The second kappa shape index (κ2) is 6.15. The molecule has 0 aromatic heterocycles. The topological polar surface area (TPSA) is 32.3 Å². The van der Waals surface area contributed by atoms with Crippen LogP contribution >= 0.6 is 0 Å². The molecule has 1 aliphatic rings. The van der Waals surface area contributed by atoms with Crippen LogP contribution in [-0.2, 0) is 4.79 Å². The molecule has 0 aliphatic carbocycles. The molecule has 1 N–H and O–H groups in total. The van der Waals surface area contributed by atoms with Gasteiger partial charge in [0.05, 0.1) is 6.04 Å². The normalized spacial score (nSPS) is 21.9. The number of hydrogen-bond acceptors (Lipinski definition) is 2. The van der Waals surface area contributed by atoms with Crippen molar-refractivity contribution < 1.29 is 9.18 Å². The second-order valence-electron chi connectivity index (χ2n) is 5.42. The van der Waals surface area contributed by atoms with Gasteiger partial charge in [0, 0.05) is 12.2 Å². The molecule has 1 aromatic rings. The molecule has 0 unspecified atom stereocenters. The average molecular weight is 264 g/mol. The van der Waals surface area contributed by atoms with Gasteiger partial charge >= 0.3 is 0 Å². The fourth-order valence-corrected chi connectivity index (χ4v) is 2.56. The van der Waals surface area contributed by atoms with Crippen LogP contribution in [0.25, 0.3) is 0 Å². The number of piperidine rings is 1. The Balaban J connectivity index is 1.95. The maximum atomic E-state index is 13.1. The van der Waals surface area contributed by atoms with E-state index in [-0.39, 0.29) is 17.8 Å². The van der Waals surface area contributed by atoms with Crippen molar-refractivity contribution in [1.29, 1.82) is 0 Å². The van der Waals surface area contributed by atoms with Crippen molar-refractivity contribution in [1.82, 2.24) is 4.90 Å². The summed E-state index contributed by atoms with van der Waals surface area (Å²) in [5.74, 6) is 0.231. The average Bonchev–Trinajstić information content (AvgIpc) is 2.38. The zero-order valence-electron chi connectivity index (χ0n) is 11.5. The number of benzene rings is 1. The molecule has 4 heteroatoms. The van der Waals surface area contributed by atoms with E-state index >= 15 is 0 Å². The highest BCUT2D eigenvalue weighted by Crippen LogP contribution is 2.18. The highest BCUT2D eigenvalue weighted by atomic mass is 19.1. The fraction of sp³-hybridized carbons (Fsp3) is 0.533. The molecule has 1 saturated heterocycles. The first-order chi connectivity index (χ1) is 9.06. The minimum atomic E-state index is -0.336. The van der Waals surface area contributed by atoms with E-state index < -0.39 is 0 Å². The number of nitrogens with one attached hydrogen (secondary N) is 1. The lowest BCUT2D eigenvalue weighted by Gasteiger charge is -2.34. The standard InChI is InChI=1S/C15H21FN2O/c1-11-5-4-8-18(10-11)12(2)15(19)17-14-7-3-6-13(16)9-14/h3,6-7,9,11-12H,4-5,8,10H2,1-2H3,(H,17,19)/t11-,12-/m0/s1. The molecule has 1 aliphatic heterocycles. The quantitative estimate of drug-likeness (QED) is 0.910. The van der Waals surface area contributed by atoms with Crippen LogP contribution < -0.4 is 5.32 Å². The Morgan fingerprint density at radius 2 is 2.32 bits per heavy atom. The lowest BCUT2D eigenvalue weighted by atomic mass is 9.99. The van der Waals surface area contributed by atoms with Gasteiger partial charge in [-0.15, -0.1) is 0 Å². The van der Waals surface area contributed by atoms with Crippen molar-refractivity contribution in [2.75, 3.05) is 18.4 Å². The van der Waals surface area contributed by atoms with Gasteiger partial charge in [0.25, 0.3) is 0 Å². The van der Waals surface area contributed by atoms with Gasteiger partial charge in [0.2, 0.25) is 5.91 Å². The van der Waals surface area contributed by atoms with Gasteiger partial charge in [0.15, 0.2) is 0 Å². The molecule has 104 valence electrons. The van der Waals surface area contributed by atoms with Crippen LogP contribution in [0, 0.1) is 11.7 Å². The maximum absolute atomic E-state index is 13.1. The summed E-state index contributed by atoms with van der Waals surface area (Å²) in [6.07, 6.45) is 2.37. The zero-order chi connectivity index (χ0) is 13.8. The van der Waals surface area contributed by atoms with Gasteiger partial charge in [-0.2, -0.15) is 0 Å². The molecule has 3 nitrogen and oxygen atoms in total. The van der Waals surface area contributed by atoms with Crippen LogP contribution in [-0.4, -0.2) is 29.9 Å². The van der Waals surface area contributed by atoms with Crippen molar-refractivity contribution in [3.63, 3.8) is 0 Å². The molecular formula is C15H21FN2O. The Morgan fingerprint density at radius 1 is 1.53 bits per heavy atom. The number of halogens is 1. The van der Waals surface area contributed by atoms with Crippen LogP contribution in [0.5, 0.6) is 0 Å². The number of nitrogens with zero attached hydrogens (tertiary/aromatic N) is 1. The Morgan fingerprint density at radius 3 is 3.00 bits per heavy atom. The summed E-state index contributed by atoms with van der Waals surface area (Å²) in [5.41, 5.74) is 0.516. The van der Waals surface area contributed by atoms with Crippen LogP contribution in [0.2, 0.25) is 0 Å². The van der Waals surface area contributed by atoms with Crippen LogP contribution in [0.1, 0.15) is 26.7 Å².